The van der Waals surface area contributed by atoms with Crippen LogP contribution in [0, 0.1) is 10.7 Å². The third-order valence-electron chi connectivity index (χ3n) is 2.39. The summed E-state index contributed by atoms with van der Waals surface area (Å²) in [5.41, 5.74) is 0. The Hall–Kier alpha value is -0.150. The molecule has 0 saturated carbocycles. The predicted octanol–water partition coefficient (Wildman–Crippen LogP) is 2.98. The highest BCUT2D eigenvalue weighted by molar-refractivity contribution is 14.1. The minimum Gasteiger partial charge on any atom is -0.564 e. The molecule has 5 nitrogen and oxygen atoms in total. The van der Waals surface area contributed by atoms with E-state index in [1.807, 2.05) is 57.3 Å². The summed E-state index contributed by atoms with van der Waals surface area (Å²) in [5, 5.41) is 11.8. The molecule has 2 aromatic carbocycles. The van der Waals surface area contributed by atoms with Crippen molar-refractivity contribution < 1.29 is 18.3 Å². The summed E-state index contributed by atoms with van der Waals surface area (Å²) >= 11 is 6.17. The smallest absolute Gasteiger partial charge is 0.284 e. The van der Waals surface area contributed by atoms with Crippen LogP contribution in [0.3, 0.4) is 0 Å². The number of hydrogen-bond donors (Lipinski definition) is 0. The summed E-state index contributed by atoms with van der Waals surface area (Å²) in [6, 6.07) is 11.1. The van der Waals surface area contributed by atoms with E-state index in [-0.39, 0.29) is 4.90 Å². The van der Waals surface area contributed by atoms with Crippen molar-refractivity contribution in [3.05, 3.63) is 53.2 Å². The summed E-state index contributed by atoms with van der Waals surface area (Å²) in [4.78, 5) is -0.0565. The zero-order valence-electron chi connectivity index (χ0n) is 10.7. The highest BCUT2D eigenvalue weighted by Crippen LogP contribution is 2.29. The van der Waals surface area contributed by atoms with E-state index in [0.29, 0.717) is 12.9 Å². The van der Waals surface area contributed by atoms with Gasteiger partial charge in [-0.15, -0.1) is 4.40 Å². The molecule has 0 heterocycles. The van der Waals surface area contributed by atoms with E-state index < -0.39 is 16.1 Å². The maximum atomic E-state index is 12.0. The minimum absolute atomic E-state index is 0.0565. The Labute approximate surface area is 168 Å². The van der Waals surface area contributed by atoms with E-state index in [1.165, 1.54) is 12.1 Å². The van der Waals surface area contributed by atoms with Crippen LogP contribution in [0.4, 0.5) is 0 Å². The minimum atomic E-state index is -4.07. The first kappa shape index (κ1) is 18.2. The van der Waals surface area contributed by atoms with Gasteiger partial charge in [0.25, 0.3) is 10.0 Å². The van der Waals surface area contributed by atoms with Gasteiger partial charge in [0.15, 0.2) is 6.08 Å². The molecule has 2 aromatic rings. The Morgan fingerprint density at radius 1 is 1.05 bits per heavy atom. The molecule has 0 bridgehead atoms. The maximum Gasteiger partial charge on any atom is 0.284 e. The monoisotopic (exact) mass is 654 g/mol. The number of hydrogen-bond acceptors (Lipinski definition) is 4. The molecular formula is C13H7I3NO4S-. The number of sulfonamides is 1. The molecule has 2 rings (SSSR count). The van der Waals surface area contributed by atoms with Crippen molar-refractivity contribution in [3.8, 4) is 5.75 Å². The molecule has 0 spiro atoms. The molecular weight excluding hydrogens is 647 g/mol. The van der Waals surface area contributed by atoms with Gasteiger partial charge < -0.3 is 9.84 Å². The zero-order valence-corrected chi connectivity index (χ0v) is 18.0. The lowest BCUT2D eigenvalue weighted by molar-refractivity contribution is -0.239. The van der Waals surface area contributed by atoms with Gasteiger partial charge >= 0.3 is 0 Å². The molecule has 0 aliphatic rings. The fourth-order valence-corrected chi connectivity index (χ4v) is 6.12. The first-order valence-corrected chi connectivity index (χ1v) is 10.4. The van der Waals surface area contributed by atoms with Crippen LogP contribution in [-0.4, -0.2) is 14.5 Å². The van der Waals surface area contributed by atoms with Crippen LogP contribution < -0.4 is 9.84 Å². The predicted molar refractivity (Wildman–Crippen MR) is 106 cm³/mol. The highest BCUT2D eigenvalue weighted by Gasteiger charge is 2.12. The average molecular weight is 654 g/mol. The lowest BCUT2D eigenvalue weighted by Gasteiger charge is -2.18. The molecule has 0 unspecified atom stereocenters. The molecule has 0 saturated heterocycles. The van der Waals surface area contributed by atoms with Crippen molar-refractivity contribution in [1.82, 2.24) is 0 Å². The zero-order chi connectivity index (χ0) is 16.3. The molecule has 116 valence electrons. The van der Waals surface area contributed by atoms with Gasteiger partial charge in [0.1, 0.15) is 0 Å². The quantitative estimate of drug-likeness (QED) is 0.290. The molecule has 0 amide bonds. The fraction of sp³-hybridized carbons (Fsp3) is 0. The van der Waals surface area contributed by atoms with Gasteiger partial charge in [-0.2, -0.15) is 8.42 Å². The van der Waals surface area contributed by atoms with Crippen molar-refractivity contribution in [2.24, 2.45) is 4.40 Å². The maximum absolute atomic E-state index is 12.0. The van der Waals surface area contributed by atoms with E-state index >= 15 is 0 Å². The van der Waals surface area contributed by atoms with Crippen molar-refractivity contribution in [1.29, 1.82) is 0 Å². The van der Waals surface area contributed by atoms with E-state index in [2.05, 4.69) is 27.0 Å². The third kappa shape index (κ3) is 4.67. The van der Waals surface area contributed by atoms with Crippen LogP contribution in [0.1, 0.15) is 0 Å². The lowest BCUT2D eigenvalue weighted by Crippen LogP contribution is -2.26. The lowest BCUT2D eigenvalue weighted by atomic mass is 10.3. The summed E-state index contributed by atoms with van der Waals surface area (Å²) < 4.78 is 34.6. The third-order valence-corrected chi connectivity index (χ3v) is 5.87. The van der Waals surface area contributed by atoms with Crippen molar-refractivity contribution in [3.63, 3.8) is 0 Å². The number of ether oxygens (including phenoxy) is 1. The Kier molecular flexibility index (Phi) is 6.30. The number of nitrogens with zero attached hydrogens (tertiary/aromatic N) is 1. The second-order valence-corrected chi connectivity index (χ2v) is 9.12. The summed E-state index contributed by atoms with van der Waals surface area (Å²) in [7, 11) is -4.07. The molecule has 9 heteroatoms. The first-order chi connectivity index (χ1) is 10.3. The van der Waals surface area contributed by atoms with Crippen LogP contribution in [0.2, 0.25) is 0 Å². The van der Waals surface area contributed by atoms with Crippen molar-refractivity contribution in [2.45, 2.75) is 4.90 Å². The second kappa shape index (κ2) is 7.61. The summed E-state index contributed by atoms with van der Waals surface area (Å²) in [6.07, 6.45) is -1.17. The fourth-order valence-electron chi connectivity index (χ4n) is 1.48. The summed E-state index contributed by atoms with van der Waals surface area (Å²) in [5.74, 6) is 0.304. The van der Waals surface area contributed by atoms with Gasteiger partial charge in [-0.05, 0) is 92.0 Å². The van der Waals surface area contributed by atoms with Crippen LogP contribution in [-0.2, 0) is 10.0 Å². The van der Waals surface area contributed by atoms with E-state index in [0.717, 1.165) is 3.57 Å². The van der Waals surface area contributed by atoms with E-state index in [4.69, 9.17) is 4.74 Å². The second-order valence-electron chi connectivity index (χ2n) is 3.95. The number of halogens is 3. The van der Waals surface area contributed by atoms with Gasteiger partial charge in [-0.25, -0.2) is 0 Å². The average Bonchev–Trinajstić information content (AvgIpc) is 2.43. The Balaban J connectivity index is 2.32. The van der Waals surface area contributed by atoms with Crippen molar-refractivity contribution in [2.75, 3.05) is 0 Å². The van der Waals surface area contributed by atoms with Gasteiger partial charge in [0.05, 0.1) is 4.90 Å². The SMILES string of the molecule is O=S(=O)(/N=C(/[O-])Oc1c(I)cc(I)cc1I)c1ccccc1. The number of rotatable bonds is 3. The van der Waals surface area contributed by atoms with Crippen LogP contribution in [0.5, 0.6) is 5.75 Å². The van der Waals surface area contributed by atoms with Crippen LogP contribution in [0.25, 0.3) is 0 Å². The van der Waals surface area contributed by atoms with Gasteiger partial charge in [0.2, 0.25) is 0 Å². The summed E-state index contributed by atoms with van der Waals surface area (Å²) in [6.45, 7) is 0. The Bertz CT molecular complexity index is 799. The Morgan fingerprint density at radius 3 is 2.14 bits per heavy atom. The molecule has 0 aromatic heterocycles. The van der Waals surface area contributed by atoms with Crippen LogP contribution in [0.15, 0.2) is 51.8 Å². The van der Waals surface area contributed by atoms with Crippen LogP contribution >= 0.6 is 67.8 Å². The van der Waals surface area contributed by atoms with Crippen molar-refractivity contribution >= 4 is 83.9 Å². The molecule has 22 heavy (non-hydrogen) atoms. The molecule has 0 N–H and O–H groups in total. The van der Waals surface area contributed by atoms with Gasteiger partial charge in [-0.1, -0.05) is 18.2 Å². The van der Waals surface area contributed by atoms with Gasteiger partial charge in [-0.3, -0.25) is 0 Å². The highest BCUT2D eigenvalue weighted by atomic mass is 127. The normalized spacial score (nSPS) is 12.2. The molecule has 0 atom stereocenters. The standard InChI is InChI=1S/C13H8I3NO4S/c14-8-6-10(15)12(11(16)7-8)21-13(18)17-22(19,20)9-4-2-1-3-5-9/h1-7H,(H,17,18)/p-1. The topological polar surface area (TPSA) is 78.8 Å². The van der Waals surface area contributed by atoms with Gasteiger partial charge in [0, 0.05) is 16.5 Å². The number of benzene rings is 2. The van der Waals surface area contributed by atoms with E-state index in [1.54, 1.807) is 18.2 Å². The first-order valence-electron chi connectivity index (χ1n) is 5.69. The molecule has 0 radical (unpaired) electrons. The molecule has 0 aliphatic carbocycles. The largest absolute Gasteiger partial charge is 0.564 e. The Morgan fingerprint density at radius 2 is 1.59 bits per heavy atom. The molecule has 0 aliphatic heterocycles. The molecule has 0 fully saturated rings. The van der Waals surface area contributed by atoms with E-state index in [9.17, 15) is 13.5 Å².